The van der Waals surface area contributed by atoms with Crippen molar-refractivity contribution in [2.45, 2.75) is 18.5 Å². The largest absolute Gasteiger partial charge is 0.451 e. The molecule has 0 heterocycles. The zero-order valence-corrected chi connectivity index (χ0v) is 17.8. The predicted octanol–water partition coefficient (Wildman–Crippen LogP) is 8.05. The van der Waals surface area contributed by atoms with Gasteiger partial charge in [-0.2, -0.15) is 43.9 Å². The Balaban J connectivity index is 2.17. The first-order chi connectivity index (χ1) is 17.2. The van der Waals surface area contributed by atoms with Crippen molar-refractivity contribution in [3.8, 4) is 23.0 Å². The Kier molecular flexibility index (Phi) is 7.02. The average molecular weight is 568 g/mol. The second-order valence-corrected chi connectivity index (χ2v) is 7.31. The molecule has 4 N–H and O–H groups in total. The highest BCUT2D eigenvalue weighted by atomic mass is 19.4. The standard InChI is InChI=1S/C21H9F13N2O2/c22-8-1-6(19(26,27)28)11(35)4-13(8)37-15-3-10(24)16(21(32,33)34)18(17(15)25)38-14-5-12(36)7(2-9(14)23)20(29,30)31/h1-5H,35-36H2. The summed E-state index contributed by atoms with van der Waals surface area (Å²) in [5.74, 6) is -15.1. The summed E-state index contributed by atoms with van der Waals surface area (Å²) in [6.45, 7) is 0. The van der Waals surface area contributed by atoms with E-state index in [4.69, 9.17) is 11.5 Å². The first kappa shape index (κ1) is 28.5. The van der Waals surface area contributed by atoms with Crippen LogP contribution in [0.25, 0.3) is 0 Å². The fourth-order valence-electron chi connectivity index (χ4n) is 3.03. The number of benzene rings is 3. The molecule has 3 aromatic carbocycles. The fraction of sp³-hybridized carbons (Fsp3) is 0.143. The minimum atomic E-state index is -5.75. The van der Waals surface area contributed by atoms with Gasteiger partial charge in [0.2, 0.25) is 5.82 Å². The van der Waals surface area contributed by atoms with Crippen LogP contribution in [0.1, 0.15) is 16.7 Å². The summed E-state index contributed by atoms with van der Waals surface area (Å²) in [7, 11) is 0. The van der Waals surface area contributed by atoms with E-state index in [0.29, 0.717) is 0 Å². The third kappa shape index (κ3) is 5.60. The smallest absolute Gasteiger partial charge is 0.422 e. The number of hydrogen-bond acceptors (Lipinski definition) is 4. The fourth-order valence-corrected chi connectivity index (χ4v) is 3.03. The quantitative estimate of drug-likeness (QED) is 0.247. The second kappa shape index (κ2) is 9.36. The van der Waals surface area contributed by atoms with Crippen molar-refractivity contribution in [3.05, 3.63) is 70.3 Å². The van der Waals surface area contributed by atoms with Crippen molar-refractivity contribution in [2.75, 3.05) is 11.5 Å². The van der Waals surface area contributed by atoms with Crippen LogP contribution in [0.2, 0.25) is 0 Å². The molecule has 0 saturated carbocycles. The van der Waals surface area contributed by atoms with Crippen molar-refractivity contribution < 1.29 is 66.5 Å². The van der Waals surface area contributed by atoms with Gasteiger partial charge in [-0.1, -0.05) is 0 Å². The zero-order chi connectivity index (χ0) is 29.0. The molecule has 0 aliphatic rings. The molecule has 0 unspecified atom stereocenters. The van der Waals surface area contributed by atoms with E-state index in [9.17, 15) is 52.7 Å². The third-order valence-electron chi connectivity index (χ3n) is 4.67. The van der Waals surface area contributed by atoms with E-state index in [2.05, 4.69) is 9.47 Å². The highest BCUT2D eigenvalue weighted by Gasteiger charge is 2.42. The number of nitrogen functional groups attached to an aromatic ring is 2. The molecule has 0 fully saturated rings. The van der Waals surface area contributed by atoms with E-state index < -0.39 is 92.9 Å². The maximum atomic E-state index is 15.0. The molecular formula is C21H9F13N2O2. The van der Waals surface area contributed by atoms with Crippen LogP contribution in [0.3, 0.4) is 0 Å². The molecule has 38 heavy (non-hydrogen) atoms. The lowest BCUT2D eigenvalue weighted by Crippen LogP contribution is -2.14. The predicted molar refractivity (Wildman–Crippen MR) is 103 cm³/mol. The van der Waals surface area contributed by atoms with Gasteiger partial charge in [0.05, 0.1) is 11.1 Å². The summed E-state index contributed by atoms with van der Waals surface area (Å²) >= 11 is 0. The topological polar surface area (TPSA) is 70.5 Å². The first-order valence-electron chi connectivity index (χ1n) is 9.49. The van der Waals surface area contributed by atoms with Crippen LogP contribution >= 0.6 is 0 Å². The summed E-state index contributed by atoms with van der Waals surface area (Å²) in [5, 5.41) is 0. The minimum absolute atomic E-state index is 0.0411. The van der Waals surface area contributed by atoms with E-state index in [1.54, 1.807) is 0 Å². The lowest BCUT2D eigenvalue weighted by atomic mass is 10.1. The molecule has 0 saturated heterocycles. The maximum Gasteiger partial charge on any atom is 0.422 e. The normalized spacial score (nSPS) is 12.6. The second-order valence-electron chi connectivity index (χ2n) is 7.31. The van der Waals surface area contributed by atoms with Crippen LogP contribution in [0.15, 0.2) is 30.3 Å². The van der Waals surface area contributed by atoms with Crippen LogP contribution in [0.5, 0.6) is 23.0 Å². The molecule has 0 aliphatic carbocycles. The Hall–Kier alpha value is -4.05. The average Bonchev–Trinajstić information content (AvgIpc) is 2.73. The molecule has 4 nitrogen and oxygen atoms in total. The highest BCUT2D eigenvalue weighted by Crippen LogP contribution is 2.47. The molecule has 0 amide bonds. The van der Waals surface area contributed by atoms with Crippen molar-refractivity contribution in [1.29, 1.82) is 0 Å². The number of nitrogens with two attached hydrogens (primary N) is 2. The molecule has 206 valence electrons. The van der Waals surface area contributed by atoms with E-state index in [1.807, 2.05) is 0 Å². The zero-order valence-electron chi connectivity index (χ0n) is 17.8. The highest BCUT2D eigenvalue weighted by molar-refractivity contribution is 5.57. The summed E-state index contributed by atoms with van der Waals surface area (Å²) in [6.07, 6.45) is -16.1. The van der Waals surface area contributed by atoms with Crippen LogP contribution in [-0.2, 0) is 18.5 Å². The van der Waals surface area contributed by atoms with Crippen molar-refractivity contribution >= 4 is 11.4 Å². The number of halogens is 13. The van der Waals surface area contributed by atoms with Crippen LogP contribution in [0.4, 0.5) is 68.5 Å². The van der Waals surface area contributed by atoms with Crippen LogP contribution in [0, 0.1) is 23.3 Å². The molecular weight excluding hydrogens is 559 g/mol. The Bertz CT molecular complexity index is 1400. The number of anilines is 2. The molecule has 0 atom stereocenters. The molecule has 3 rings (SSSR count). The number of rotatable bonds is 4. The first-order valence-corrected chi connectivity index (χ1v) is 9.49. The molecule has 0 bridgehead atoms. The number of ether oxygens (including phenoxy) is 2. The van der Waals surface area contributed by atoms with Crippen molar-refractivity contribution in [1.82, 2.24) is 0 Å². The van der Waals surface area contributed by atoms with Gasteiger partial charge in [-0.05, 0) is 12.1 Å². The molecule has 0 aromatic heterocycles. The van der Waals surface area contributed by atoms with Gasteiger partial charge in [-0.15, -0.1) is 0 Å². The minimum Gasteiger partial charge on any atom is -0.451 e. The Morgan fingerprint density at radius 1 is 0.500 bits per heavy atom. The van der Waals surface area contributed by atoms with E-state index in [-0.39, 0.29) is 30.3 Å². The summed E-state index contributed by atoms with van der Waals surface area (Å²) in [4.78, 5) is 0. The number of alkyl halides is 9. The Labute approximate surface area is 202 Å². The van der Waals surface area contributed by atoms with Gasteiger partial charge >= 0.3 is 18.5 Å². The summed E-state index contributed by atoms with van der Waals surface area (Å²) in [6, 6.07) is -0.549. The van der Waals surface area contributed by atoms with E-state index in [0.717, 1.165) is 0 Å². The van der Waals surface area contributed by atoms with Crippen molar-refractivity contribution in [3.63, 3.8) is 0 Å². The molecule has 0 spiro atoms. The van der Waals surface area contributed by atoms with Gasteiger partial charge in [0.25, 0.3) is 0 Å². The van der Waals surface area contributed by atoms with Gasteiger partial charge in [-0.25, -0.2) is 13.2 Å². The number of hydrogen-bond donors (Lipinski definition) is 2. The van der Waals surface area contributed by atoms with Gasteiger partial charge in [-0.3, -0.25) is 0 Å². The SMILES string of the molecule is Nc1cc(Oc2cc(F)c(C(F)(F)F)c(Oc3cc(N)c(C(F)(F)F)cc3F)c2F)c(F)cc1C(F)(F)F. The van der Waals surface area contributed by atoms with E-state index in [1.165, 1.54) is 0 Å². The van der Waals surface area contributed by atoms with Gasteiger partial charge < -0.3 is 20.9 Å². The lowest BCUT2D eigenvalue weighted by Gasteiger charge is -2.19. The van der Waals surface area contributed by atoms with Gasteiger partial charge in [0.1, 0.15) is 11.4 Å². The summed E-state index contributed by atoms with van der Waals surface area (Å²) in [5.41, 5.74) is 1.84. The Morgan fingerprint density at radius 3 is 1.32 bits per heavy atom. The van der Waals surface area contributed by atoms with Crippen LogP contribution < -0.4 is 20.9 Å². The lowest BCUT2D eigenvalue weighted by molar-refractivity contribution is -0.141. The van der Waals surface area contributed by atoms with Gasteiger partial charge in [0, 0.05) is 29.6 Å². The third-order valence-corrected chi connectivity index (χ3v) is 4.67. The molecule has 17 heteroatoms. The monoisotopic (exact) mass is 568 g/mol. The van der Waals surface area contributed by atoms with Gasteiger partial charge in [0.15, 0.2) is 34.6 Å². The Morgan fingerprint density at radius 2 is 0.921 bits per heavy atom. The maximum absolute atomic E-state index is 15.0. The summed E-state index contributed by atoms with van der Waals surface area (Å²) < 4.78 is 184. The van der Waals surface area contributed by atoms with Crippen molar-refractivity contribution in [2.24, 2.45) is 0 Å². The van der Waals surface area contributed by atoms with E-state index >= 15 is 4.39 Å². The molecule has 0 aliphatic heterocycles. The molecule has 3 aromatic rings. The van der Waals surface area contributed by atoms with Crippen LogP contribution in [-0.4, -0.2) is 0 Å². The molecule has 0 radical (unpaired) electrons.